The Kier molecular flexibility index (Phi) is 14.3. The van der Waals surface area contributed by atoms with Gasteiger partial charge in [0.1, 0.15) is 0 Å². The Morgan fingerprint density at radius 3 is 1.53 bits per heavy atom. The summed E-state index contributed by atoms with van der Waals surface area (Å²) in [7, 11) is 6.59. The van der Waals surface area contributed by atoms with Gasteiger partial charge in [-0.25, -0.2) is 0 Å². The van der Waals surface area contributed by atoms with E-state index < -0.39 is 6.10 Å². The van der Waals surface area contributed by atoms with Gasteiger partial charge in [-0.15, -0.1) is 24.8 Å². The van der Waals surface area contributed by atoms with E-state index in [9.17, 15) is 10.2 Å². The first kappa shape index (κ1) is 32.1. The number of aliphatic hydroxyl groups excluding tert-OH is 2. The maximum atomic E-state index is 10.2. The van der Waals surface area contributed by atoms with Crippen molar-refractivity contribution < 1.29 is 29.2 Å². The van der Waals surface area contributed by atoms with E-state index in [2.05, 4.69) is 17.0 Å². The zero-order valence-electron chi connectivity index (χ0n) is 21.6. The highest BCUT2D eigenvalue weighted by atomic mass is 35.5. The van der Waals surface area contributed by atoms with E-state index in [1.807, 2.05) is 24.3 Å². The average molecular weight is 547 g/mol. The van der Waals surface area contributed by atoms with Crippen LogP contribution in [0.1, 0.15) is 36.8 Å². The third kappa shape index (κ3) is 8.32. The molecule has 9 heteroatoms. The van der Waals surface area contributed by atoms with Crippen molar-refractivity contribution in [3.05, 3.63) is 47.5 Å². The fourth-order valence-corrected chi connectivity index (χ4v) is 4.97. The van der Waals surface area contributed by atoms with Crippen LogP contribution in [0.15, 0.2) is 36.4 Å². The lowest BCUT2D eigenvalue weighted by molar-refractivity contribution is 0.0393. The molecule has 0 radical (unpaired) electrons. The number of benzene rings is 2. The molecule has 1 saturated heterocycles. The quantitative estimate of drug-likeness (QED) is 0.388. The monoisotopic (exact) mass is 545 g/mol. The van der Waals surface area contributed by atoms with Gasteiger partial charge in [0.2, 0.25) is 0 Å². The first-order valence-corrected chi connectivity index (χ1v) is 12.0. The lowest BCUT2D eigenvalue weighted by Crippen LogP contribution is -2.42. The molecule has 3 atom stereocenters. The van der Waals surface area contributed by atoms with Crippen molar-refractivity contribution in [2.45, 2.75) is 56.7 Å². The van der Waals surface area contributed by atoms with Gasteiger partial charge in [-0.05, 0) is 73.9 Å². The molecule has 1 aliphatic rings. The second-order valence-corrected chi connectivity index (χ2v) is 8.87. The Morgan fingerprint density at radius 2 is 1.17 bits per heavy atom. The number of halogens is 2. The second-order valence-electron chi connectivity index (χ2n) is 8.87. The van der Waals surface area contributed by atoms with Crippen LogP contribution in [-0.4, -0.2) is 74.9 Å². The van der Waals surface area contributed by atoms with Crippen LogP contribution in [0.25, 0.3) is 0 Å². The number of hydrogen-bond acceptors (Lipinski definition) is 7. The molecule has 0 spiro atoms. The number of rotatable bonds is 13. The second kappa shape index (κ2) is 16.0. The maximum Gasteiger partial charge on any atom is 0.160 e. The van der Waals surface area contributed by atoms with Crippen molar-refractivity contribution in [3.8, 4) is 23.0 Å². The van der Waals surface area contributed by atoms with Crippen molar-refractivity contribution in [2.75, 3.05) is 41.6 Å². The number of aryl methyl sites for hydroxylation is 2. The Bertz CT molecular complexity index is 848. The molecule has 0 aliphatic carbocycles. The third-order valence-electron chi connectivity index (χ3n) is 6.83. The van der Waals surface area contributed by atoms with Crippen LogP contribution < -0.4 is 18.9 Å². The predicted octanol–water partition coefficient (Wildman–Crippen LogP) is 4.32. The van der Waals surface area contributed by atoms with Gasteiger partial charge >= 0.3 is 0 Å². The molecule has 2 aromatic rings. The summed E-state index contributed by atoms with van der Waals surface area (Å²) in [6.07, 6.45) is 5.24. The lowest BCUT2D eigenvalue weighted by Gasteiger charge is -2.32. The van der Waals surface area contributed by atoms with Crippen LogP contribution in [0.2, 0.25) is 0 Å². The Labute approximate surface area is 227 Å². The van der Waals surface area contributed by atoms with Gasteiger partial charge < -0.3 is 29.2 Å². The van der Waals surface area contributed by atoms with Crippen molar-refractivity contribution in [2.24, 2.45) is 0 Å². The zero-order valence-corrected chi connectivity index (χ0v) is 23.3. The Hall–Kier alpha value is -1.90. The normalized spacial score (nSPS) is 18.1. The smallest absolute Gasteiger partial charge is 0.160 e. The average Bonchev–Trinajstić information content (AvgIpc) is 3.26. The van der Waals surface area contributed by atoms with Crippen LogP contribution in [0.3, 0.4) is 0 Å². The maximum absolute atomic E-state index is 10.2. The molecule has 0 bridgehead atoms. The summed E-state index contributed by atoms with van der Waals surface area (Å²) in [5.41, 5.74) is 2.41. The molecule has 1 fully saturated rings. The van der Waals surface area contributed by atoms with Gasteiger partial charge in [-0.2, -0.15) is 0 Å². The van der Waals surface area contributed by atoms with Gasteiger partial charge in [0.15, 0.2) is 23.0 Å². The van der Waals surface area contributed by atoms with Gasteiger partial charge in [-0.1, -0.05) is 12.1 Å². The van der Waals surface area contributed by atoms with Crippen LogP contribution in [0.4, 0.5) is 0 Å². The molecule has 0 aromatic heterocycles. The van der Waals surface area contributed by atoms with E-state index in [1.54, 1.807) is 28.4 Å². The topological polar surface area (TPSA) is 80.6 Å². The number of likely N-dealkylation sites (tertiary alicyclic amines) is 1. The number of hydrogen-bond donors (Lipinski definition) is 2. The lowest BCUT2D eigenvalue weighted by atomic mass is 10.0. The summed E-state index contributed by atoms with van der Waals surface area (Å²) in [6.45, 7) is 0.269. The first-order chi connectivity index (χ1) is 16.5. The fourth-order valence-electron chi connectivity index (χ4n) is 4.97. The summed E-state index contributed by atoms with van der Waals surface area (Å²) >= 11 is 0. The predicted molar refractivity (Wildman–Crippen MR) is 147 cm³/mol. The minimum atomic E-state index is -0.731. The van der Waals surface area contributed by atoms with Crippen molar-refractivity contribution >= 4 is 24.8 Å². The van der Waals surface area contributed by atoms with Gasteiger partial charge in [0.05, 0.1) is 41.2 Å². The van der Waals surface area contributed by atoms with E-state index in [0.717, 1.165) is 61.5 Å². The summed E-state index contributed by atoms with van der Waals surface area (Å²) in [5.74, 6) is 2.95. The molecule has 1 heterocycles. The molecule has 0 unspecified atom stereocenters. The molecule has 204 valence electrons. The number of methoxy groups -OCH3 is 4. The molecule has 2 aromatic carbocycles. The summed E-state index contributed by atoms with van der Waals surface area (Å²) in [4.78, 5) is 2.41. The SMILES string of the molecule is COc1ccc(CC[C@@H]2CC[C@H](CCc3ccc(OC)c(OC)c3)N2C[C@@H](O)CO)cc1OC.Cl.Cl. The molecular weight excluding hydrogens is 505 g/mol. The molecule has 0 saturated carbocycles. The number of aliphatic hydroxyl groups is 2. The third-order valence-corrected chi connectivity index (χ3v) is 6.83. The van der Waals surface area contributed by atoms with Crippen LogP contribution in [-0.2, 0) is 12.8 Å². The number of β-amino-alcohol motifs (C(OH)–C–C–N with tert-alkyl or cyclic N) is 1. The fraction of sp³-hybridized carbons (Fsp3) is 0.556. The number of ether oxygens (including phenoxy) is 4. The summed E-state index contributed by atoms with van der Waals surface area (Å²) < 4.78 is 21.6. The highest BCUT2D eigenvalue weighted by Gasteiger charge is 2.33. The van der Waals surface area contributed by atoms with E-state index >= 15 is 0 Å². The zero-order chi connectivity index (χ0) is 24.5. The van der Waals surface area contributed by atoms with E-state index in [4.69, 9.17) is 18.9 Å². The van der Waals surface area contributed by atoms with Gasteiger partial charge in [0, 0.05) is 18.6 Å². The van der Waals surface area contributed by atoms with Crippen molar-refractivity contribution in [3.63, 3.8) is 0 Å². The van der Waals surface area contributed by atoms with Crippen molar-refractivity contribution in [1.29, 1.82) is 0 Å². The highest BCUT2D eigenvalue weighted by Crippen LogP contribution is 2.33. The molecular formula is C27H41Cl2NO6. The van der Waals surface area contributed by atoms with Crippen LogP contribution >= 0.6 is 24.8 Å². The molecule has 7 nitrogen and oxygen atoms in total. The minimum Gasteiger partial charge on any atom is -0.493 e. The molecule has 3 rings (SSSR count). The summed E-state index contributed by atoms with van der Waals surface area (Å²) in [6, 6.07) is 12.9. The van der Waals surface area contributed by atoms with E-state index in [0.29, 0.717) is 18.6 Å². The first-order valence-electron chi connectivity index (χ1n) is 12.0. The highest BCUT2D eigenvalue weighted by molar-refractivity contribution is 5.85. The van der Waals surface area contributed by atoms with Crippen LogP contribution in [0, 0.1) is 0 Å². The number of nitrogens with zero attached hydrogens (tertiary/aromatic N) is 1. The van der Waals surface area contributed by atoms with Crippen molar-refractivity contribution in [1.82, 2.24) is 4.90 Å². The molecule has 36 heavy (non-hydrogen) atoms. The largest absolute Gasteiger partial charge is 0.493 e. The van der Waals surface area contributed by atoms with Gasteiger partial charge in [-0.3, -0.25) is 4.90 Å². The Morgan fingerprint density at radius 1 is 0.750 bits per heavy atom. The Balaban J connectivity index is 0.00000324. The van der Waals surface area contributed by atoms with Gasteiger partial charge in [0.25, 0.3) is 0 Å². The summed E-state index contributed by atoms with van der Waals surface area (Å²) in [5, 5.41) is 19.7. The van der Waals surface area contributed by atoms with Crippen LogP contribution in [0.5, 0.6) is 23.0 Å². The van der Waals surface area contributed by atoms with E-state index in [1.165, 1.54) is 11.1 Å². The minimum absolute atomic E-state index is 0. The molecule has 2 N–H and O–H groups in total. The molecule has 1 aliphatic heterocycles. The standard InChI is InChI=1S/C27H39NO6.2ClH/c1-31-24-13-7-19(15-26(24)33-3)5-9-21-11-12-22(28(21)17-23(30)18-29)10-6-20-8-14-25(32-2)27(16-20)34-4;;/h7-8,13-16,21-23,29-30H,5-6,9-12,17-18H2,1-4H3;2*1H/t21-,22+,23-;;/m1../s1. The van der Waals surface area contributed by atoms with E-state index in [-0.39, 0.29) is 31.4 Å². The molecule has 0 amide bonds.